The van der Waals surface area contributed by atoms with Gasteiger partial charge >= 0.3 is 5.97 Å². The van der Waals surface area contributed by atoms with Gasteiger partial charge in [-0.3, -0.25) is 0 Å². The first-order valence-corrected chi connectivity index (χ1v) is 5.95. The van der Waals surface area contributed by atoms with Crippen LogP contribution in [0.2, 0.25) is 0 Å². The van der Waals surface area contributed by atoms with Crippen LogP contribution in [0.1, 0.15) is 21.5 Å². The van der Waals surface area contributed by atoms with Crippen LogP contribution in [-0.2, 0) is 10.1 Å². The highest BCUT2D eigenvalue weighted by Crippen LogP contribution is 2.24. The minimum absolute atomic E-state index is 0.302. The van der Waals surface area contributed by atoms with Gasteiger partial charge in [0.15, 0.2) is 0 Å². The Morgan fingerprint density at radius 3 is 2.64 bits per heavy atom. The number of hydrogen-bond acceptors (Lipinski definition) is 2. The number of aryl methyl sites for hydroxylation is 1. The van der Waals surface area contributed by atoms with Crippen LogP contribution in [-0.4, -0.2) is 13.1 Å². The van der Waals surface area contributed by atoms with Crippen molar-refractivity contribution in [2.75, 3.05) is 7.11 Å². The molecule has 0 aliphatic rings. The van der Waals surface area contributed by atoms with Gasteiger partial charge in [0.25, 0.3) is 0 Å². The fraction of sp³-hybridized carbons (Fsp3) is 0.300. The Morgan fingerprint density at radius 1 is 1.50 bits per heavy atom. The van der Waals surface area contributed by atoms with Crippen molar-refractivity contribution in [2.24, 2.45) is 0 Å². The largest absolute Gasteiger partial charge is 0.465 e. The van der Waals surface area contributed by atoms with Crippen LogP contribution in [0.3, 0.4) is 0 Å². The molecule has 0 aliphatic carbocycles. The second kappa shape index (κ2) is 4.94. The van der Waals surface area contributed by atoms with E-state index in [9.17, 15) is 4.79 Å². The first-order valence-electron chi connectivity index (χ1n) is 4.03. The van der Waals surface area contributed by atoms with E-state index in [0.717, 1.165) is 20.9 Å². The lowest BCUT2D eigenvalue weighted by Crippen LogP contribution is -2.04. The lowest BCUT2D eigenvalue weighted by molar-refractivity contribution is 0.0600. The molecule has 1 aromatic rings. The van der Waals surface area contributed by atoms with Gasteiger partial charge in [0.2, 0.25) is 0 Å². The number of rotatable bonds is 2. The summed E-state index contributed by atoms with van der Waals surface area (Å²) in [7, 11) is 1.38. The van der Waals surface area contributed by atoms with Crippen LogP contribution < -0.4 is 0 Å². The summed E-state index contributed by atoms with van der Waals surface area (Å²) in [5.74, 6) is -0.302. The molecule has 0 amide bonds. The third-order valence-corrected chi connectivity index (χ3v) is 3.28. The number of carbonyl (C=O) groups excluding carboxylic acids is 1. The second-order valence-corrected chi connectivity index (χ2v) is 4.30. The molecule has 0 aliphatic heterocycles. The number of hydrogen-bond donors (Lipinski definition) is 0. The predicted octanol–water partition coefficient (Wildman–Crippen LogP) is 3.44. The van der Waals surface area contributed by atoms with Crippen molar-refractivity contribution < 1.29 is 9.53 Å². The topological polar surface area (TPSA) is 26.3 Å². The van der Waals surface area contributed by atoms with E-state index < -0.39 is 0 Å². The molecule has 0 atom stereocenters. The van der Waals surface area contributed by atoms with Gasteiger partial charge in [-0.1, -0.05) is 37.9 Å². The minimum atomic E-state index is -0.302. The molecule has 0 unspecified atom stereocenters. The van der Waals surface area contributed by atoms with E-state index in [2.05, 4.69) is 36.6 Å². The molecular formula is C10H10Br2O2. The highest BCUT2D eigenvalue weighted by Gasteiger charge is 2.11. The van der Waals surface area contributed by atoms with E-state index in [-0.39, 0.29) is 5.97 Å². The van der Waals surface area contributed by atoms with Crippen molar-refractivity contribution >= 4 is 37.8 Å². The third kappa shape index (κ3) is 2.36. The highest BCUT2D eigenvalue weighted by molar-refractivity contribution is 9.10. The van der Waals surface area contributed by atoms with Gasteiger partial charge in [0.1, 0.15) is 0 Å². The van der Waals surface area contributed by atoms with Gasteiger partial charge in [-0.15, -0.1) is 0 Å². The summed E-state index contributed by atoms with van der Waals surface area (Å²) in [6.07, 6.45) is 0. The smallest absolute Gasteiger partial charge is 0.338 e. The fourth-order valence-electron chi connectivity index (χ4n) is 1.17. The minimum Gasteiger partial charge on any atom is -0.465 e. The Labute approximate surface area is 99.9 Å². The van der Waals surface area contributed by atoms with Crippen LogP contribution >= 0.6 is 31.9 Å². The third-order valence-electron chi connectivity index (χ3n) is 1.94. The predicted molar refractivity (Wildman–Crippen MR) is 62.8 cm³/mol. The van der Waals surface area contributed by atoms with Crippen molar-refractivity contribution in [3.63, 3.8) is 0 Å². The van der Waals surface area contributed by atoms with Crippen molar-refractivity contribution in [3.8, 4) is 0 Å². The summed E-state index contributed by atoms with van der Waals surface area (Å²) < 4.78 is 5.59. The van der Waals surface area contributed by atoms with Crippen LogP contribution in [0.5, 0.6) is 0 Å². The Balaban J connectivity index is 3.21. The SMILES string of the molecule is COC(=O)c1cc(Br)c(CBr)cc1C. The second-order valence-electron chi connectivity index (χ2n) is 2.88. The average molecular weight is 322 g/mol. The zero-order chi connectivity index (χ0) is 10.7. The van der Waals surface area contributed by atoms with E-state index >= 15 is 0 Å². The molecule has 1 aromatic carbocycles. The molecule has 4 heteroatoms. The van der Waals surface area contributed by atoms with Crippen LogP contribution in [0.25, 0.3) is 0 Å². The number of halogens is 2. The van der Waals surface area contributed by atoms with E-state index in [1.807, 2.05) is 13.0 Å². The van der Waals surface area contributed by atoms with Crippen molar-refractivity contribution in [1.82, 2.24) is 0 Å². The molecule has 1 rings (SSSR count). The number of alkyl halides is 1. The van der Waals surface area contributed by atoms with Crippen LogP contribution in [0.15, 0.2) is 16.6 Å². The van der Waals surface area contributed by atoms with Gasteiger partial charge < -0.3 is 4.74 Å². The molecule has 0 saturated heterocycles. The monoisotopic (exact) mass is 320 g/mol. The van der Waals surface area contributed by atoms with Crippen LogP contribution in [0, 0.1) is 6.92 Å². The maximum Gasteiger partial charge on any atom is 0.338 e. The molecular weight excluding hydrogens is 312 g/mol. The Hall–Kier alpha value is -0.350. The quantitative estimate of drug-likeness (QED) is 0.616. The number of esters is 1. The lowest BCUT2D eigenvalue weighted by atomic mass is 10.1. The highest BCUT2D eigenvalue weighted by atomic mass is 79.9. The average Bonchev–Trinajstić information content (AvgIpc) is 2.19. The Kier molecular flexibility index (Phi) is 4.13. The van der Waals surface area contributed by atoms with Gasteiger partial charge in [0.05, 0.1) is 12.7 Å². The number of methoxy groups -OCH3 is 1. The maximum absolute atomic E-state index is 11.3. The molecule has 14 heavy (non-hydrogen) atoms. The Morgan fingerprint density at radius 2 is 2.14 bits per heavy atom. The zero-order valence-corrected chi connectivity index (χ0v) is 11.1. The number of ether oxygens (including phenoxy) is 1. The molecule has 0 radical (unpaired) electrons. The number of carbonyl (C=O) groups is 1. The first kappa shape index (κ1) is 11.7. The van der Waals surface area contributed by atoms with E-state index in [4.69, 9.17) is 0 Å². The lowest BCUT2D eigenvalue weighted by Gasteiger charge is -2.07. The van der Waals surface area contributed by atoms with Gasteiger partial charge in [0, 0.05) is 9.80 Å². The van der Waals surface area contributed by atoms with Crippen LogP contribution in [0.4, 0.5) is 0 Å². The fourth-order valence-corrected chi connectivity index (χ4v) is 2.50. The van der Waals surface area contributed by atoms with E-state index in [1.54, 1.807) is 6.07 Å². The Bertz CT molecular complexity index is 361. The van der Waals surface area contributed by atoms with Crippen molar-refractivity contribution in [3.05, 3.63) is 33.3 Å². The first-order chi connectivity index (χ1) is 6.60. The standard InChI is InChI=1S/C10H10Br2O2/c1-6-3-7(5-11)9(12)4-8(6)10(13)14-2/h3-4H,5H2,1-2H3. The maximum atomic E-state index is 11.3. The summed E-state index contributed by atoms with van der Waals surface area (Å²) >= 11 is 6.78. The molecule has 76 valence electrons. The summed E-state index contributed by atoms with van der Waals surface area (Å²) in [6, 6.07) is 3.75. The molecule has 0 fully saturated rings. The summed E-state index contributed by atoms with van der Waals surface area (Å²) in [5.41, 5.74) is 2.65. The van der Waals surface area contributed by atoms with Crippen molar-refractivity contribution in [2.45, 2.75) is 12.3 Å². The summed E-state index contributed by atoms with van der Waals surface area (Å²) in [4.78, 5) is 11.3. The molecule has 2 nitrogen and oxygen atoms in total. The number of benzene rings is 1. The van der Waals surface area contributed by atoms with Gasteiger partial charge in [-0.05, 0) is 24.1 Å². The van der Waals surface area contributed by atoms with Gasteiger partial charge in [-0.2, -0.15) is 0 Å². The molecule has 0 heterocycles. The summed E-state index contributed by atoms with van der Waals surface area (Å²) in [6.45, 7) is 1.89. The zero-order valence-electron chi connectivity index (χ0n) is 7.93. The van der Waals surface area contributed by atoms with Gasteiger partial charge in [-0.25, -0.2) is 4.79 Å². The molecule has 0 N–H and O–H groups in total. The molecule has 0 aromatic heterocycles. The summed E-state index contributed by atoms with van der Waals surface area (Å²) in [5, 5.41) is 0.760. The molecule has 0 saturated carbocycles. The van der Waals surface area contributed by atoms with Crippen molar-refractivity contribution in [1.29, 1.82) is 0 Å². The molecule has 0 spiro atoms. The molecule has 0 bridgehead atoms. The van der Waals surface area contributed by atoms with E-state index in [1.165, 1.54) is 7.11 Å². The van der Waals surface area contributed by atoms with E-state index in [0.29, 0.717) is 5.56 Å². The normalized spacial score (nSPS) is 10.0.